The van der Waals surface area contributed by atoms with Gasteiger partial charge in [-0.05, 0) is 13.3 Å². The molecule has 0 rings (SSSR count). The summed E-state index contributed by atoms with van der Waals surface area (Å²) in [5.41, 5.74) is 0. The molecule has 0 radical (unpaired) electrons. The Kier molecular flexibility index (Phi) is 8.83. The third-order valence-electron chi connectivity index (χ3n) is 3.64. The van der Waals surface area contributed by atoms with Crippen molar-refractivity contribution in [3.05, 3.63) is 0 Å². The first-order chi connectivity index (χ1) is 10.1. The van der Waals surface area contributed by atoms with Crippen LogP contribution in [0.1, 0.15) is 33.1 Å². The number of hydrogen-bond acceptors (Lipinski definition) is 4. The Labute approximate surface area is 135 Å². The van der Waals surface area contributed by atoms with Gasteiger partial charge in [0.15, 0.2) is 0 Å². The lowest BCUT2D eigenvalue weighted by atomic mass is 10.1. The van der Waals surface area contributed by atoms with Crippen LogP contribution < -0.4 is 0 Å². The molecule has 0 aromatic carbocycles. The Balaban J connectivity index is 5.49. The highest BCUT2D eigenvalue weighted by atomic mass is 31.2. The fourth-order valence-corrected chi connectivity index (χ4v) is 4.12. The molecular weight excluding hydrogens is 371 g/mol. The molecule has 0 bridgehead atoms. The zero-order valence-electron chi connectivity index (χ0n) is 13.1. The van der Waals surface area contributed by atoms with E-state index in [0.717, 1.165) is 4.90 Å². The smallest absolute Gasteiger partial charge is 0.324 e. The topological polar surface area (TPSA) is 176 Å². The van der Waals surface area contributed by atoms with Gasteiger partial charge in [-0.3, -0.25) is 18.6 Å². The quantitative estimate of drug-likeness (QED) is 0.273. The second-order valence-corrected chi connectivity index (χ2v) is 11.2. The summed E-state index contributed by atoms with van der Waals surface area (Å²) >= 11 is 0. The highest BCUT2D eigenvalue weighted by Gasteiger charge is 2.47. The average molecular weight is 397 g/mol. The maximum atomic E-state index is 11.9. The second kappa shape index (κ2) is 8.68. The minimum absolute atomic E-state index is 0.0378. The lowest BCUT2D eigenvalue weighted by Gasteiger charge is -2.41. The molecular formula is C10H26NO9P3. The van der Waals surface area contributed by atoms with Crippen LogP contribution in [0.2, 0.25) is 0 Å². The summed E-state index contributed by atoms with van der Waals surface area (Å²) < 4.78 is 34.0. The van der Waals surface area contributed by atoms with Crippen LogP contribution in [0.25, 0.3) is 0 Å². The predicted molar refractivity (Wildman–Crippen MR) is 85.4 cm³/mol. The minimum atomic E-state index is -4.72. The fourth-order valence-electron chi connectivity index (χ4n) is 2.10. The van der Waals surface area contributed by atoms with Crippen molar-refractivity contribution in [2.75, 3.05) is 25.4 Å². The van der Waals surface area contributed by atoms with E-state index in [1.807, 2.05) is 6.92 Å². The van der Waals surface area contributed by atoms with Crippen LogP contribution in [0.5, 0.6) is 0 Å². The van der Waals surface area contributed by atoms with E-state index in [4.69, 9.17) is 19.6 Å². The van der Waals surface area contributed by atoms with Crippen LogP contribution in [0.3, 0.4) is 0 Å². The van der Waals surface area contributed by atoms with Crippen LogP contribution in [0, 0.1) is 0 Å². The summed E-state index contributed by atoms with van der Waals surface area (Å²) in [7, 11) is -13.6. The molecule has 0 aliphatic heterocycles. The monoisotopic (exact) mass is 397 g/mol. The van der Waals surface area contributed by atoms with Crippen molar-refractivity contribution >= 4 is 22.8 Å². The van der Waals surface area contributed by atoms with Crippen molar-refractivity contribution in [1.82, 2.24) is 4.90 Å². The van der Waals surface area contributed by atoms with E-state index < -0.39 is 40.4 Å². The van der Waals surface area contributed by atoms with Gasteiger partial charge in [-0.25, -0.2) is 0 Å². The first-order valence-electron chi connectivity index (χ1n) is 7.02. The molecule has 6 N–H and O–H groups in total. The van der Waals surface area contributed by atoms with E-state index in [-0.39, 0.29) is 19.5 Å². The molecule has 0 heterocycles. The van der Waals surface area contributed by atoms with Gasteiger partial charge >= 0.3 is 22.8 Å². The van der Waals surface area contributed by atoms with Crippen molar-refractivity contribution < 1.29 is 43.1 Å². The Morgan fingerprint density at radius 3 is 1.52 bits per heavy atom. The number of unbranched alkanes of at least 4 members (excludes halogenated alkanes) is 1. The van der Waals surface area contributed by atoms with Gasteiger partial charge < -0.3 is 29.4 Å². The molecule has 140 valence electrons. The Morgan fingerprint density at radius 2 is 1.26 bits per heavy atom. The van der Waals surface area contributed by atoms with Crippen molar-refractivity contribution in [2.24, 2.45) is 0 Å². The van der Waals surface area contributed by atoms with Crippen molar-refractivity contribution in [3.63, 3.8) is 0 Å². The first kappa shape index (κ1) is 23.4. The van der Waals surface area contributed by atoms with Gasteiger partial charge in [-0.2, -0.15) is 0 Å². The van der Waals surface area contributed by atoms with Crippen LogP contribution in [-0.2, 0) is 13.7 Å². The molecule has 0 aliphatic rings. The van der Waals surface area contributed by atoms with E-state index in [9.17, 15) is 23.5 Å². The van der Waals surface area contributed by atoms with Crippen molar-refractivity contribution in [2.45, 2.75) is 38.4 Å². The summed E-state index contributed by atoms with van der Waals surface area (Å²) in [6.45, 7) is 2.31. The second-order valence-electron chi connectivity index (χ2n) is 5.63. The van der Waals surface area contributed by atoms with E-state index in [1.165, 1.54) is 6.92 Å². The van der Waals surface area contributed by atoms with Crippen molar-refractivity contribution in [3.8, 4) is 0 Å². The van der Waals surface area contributed by atoms with Gasteiger partial charge in [0.25, 0.3) is 0 Å². The predicted octanol–water partition coefficient (Wildman–Crippen LogP) is 0.728. The molecule has 13 heteroatoms. The van der Waals surface area contributed by atoms with Crippen molar-refractivity contribution in [1.29, 1.82) is 0 Å². The maximum absolute atomic E-state index is 11.9. The average Bonchev–Trinajstić information content (AvgIpc) is 2.31. The van der Waals surface area contributed by atoms with E-state index in [2.05, 4.69) is 0 Å². The van der Waals surface area contributed by atoms with Crippen LogP contribution in [-0.4, -0.2) is 65.0 Å². The Morgan fingerprint density at radius 1 is 0.870 bits per heavy atom. The van der Waals surface area contributed by atoms with Gasteiger partial charge in [0, 0.05) is 13.1 Å². The van der Waals surface area contributed by atoms with Crippen LogP contribution >= 0.6 is 22.8 Å². The number of hydrogen-bond donors (Lipinski definition) is 6. The molecule has 0 aromatic heterocycles. The van der Waals surface area contributed by atoms with Gasteiger partial charge in [-0.15, -0.1) is 0 Å². The molecule has 23 heavy (non-hydrogen) atoms. The zero-order chi connectivity index (χ0) is 18.5. The maximum Gasteiger partial charge on any atom is 0.345 e. The van der Waals surface area contributed by atoms with E-state index in [0.29, 0.717) is 12.8 Å². The Bertz CT molecular complexity index is 484. The minimum Gasteiger partial charge on any atom is -0.324 e. The van der Waals surface area contributed by atoms with Gasteiger partial charge in [0.05, 0.1) is 12.3 Å². The summed E-state index contributed by atoms with van der Waals surface area (Å²) in [4.78, 5) is 56.3. The molecule has 0 saturated carbocycles. The van der Waals surface area contributed by atoms with Crippen LogP contribution in [0.4, 0.5) is 0 Å². The number of nitrogens with zero attached hydrogens (tertiary/aromatic N) is 1. The standard InChI is InChI=1S/C10H26NO9P3/c1-3-4-5-10(2,23(18,19)20)11(6-8-21(12,13)14)7-9-22(15,16)17/h3-9H2,1-2H3,(H2,12,13,14)(H2,15,16,17)(H2,18,19,20). The molecule has 1 unspecified atom stereocenters. The van der Waals surface area contributed by atoms with Gasteiger partial charge in [0.1, 0.15) is 5.28 Å². The molecule has 0 saturated heterocycles. The van der Waals surface area contributed by atoms with E-state index >= 15 is 0 Å². The third-order valence-corrected chi connectivity index (χ3v) is 6.96. The molecule has 10 nitrogen and oxygen atoms in total. The molecule has 0 fully saturated rings. The largest absolute Gasteiger partial charge is 0.345 e. The molecule has 0 spiro atoms. The highest BCUT2D eigenvalue weighted by molar-refractivity contribution is 7.53. The molecule has 0 amide bonds. The van der Waals surface area contributed by atoms with Gasteiger partial charge in [0.2, 0.25) is 0 Å². The summed E-state index contributed by atoms with van der Waals surface area (Å²) in [6.07, 6.45) is -0.188. The third kappa shape index (κ3) is 8.89. The fraction of sp³-hybridized carbons (Fsp3) is 1.00. The lowest BCUT2D eigenvalue weighted by Crippen LogP contribution is -2.48. The summed E-state index contributed by atoms with van der Waals surface area (Å²) in [6, 6.07) is 0. The summed E-state index contributed by atoms with van der Waals surface area (Å²) in [5, 5.41) is -1.74. The molecule has 1 atom stereocenters. The van der Waals surface area contributed by atoms with Crippen LogP contribution in [0.15, 0.2) is 0 Å². The van der Waals surface area contributed by atoms with Gasteiger partial charge in [-0.1, -0.05) is 19.8 Å². The summed E-state index contributed by atoms with van der Waals surface area (Å²) in [5.74, 6) is 0. The SMILES string of the molecule is CCCCC(C)(N(CCP(=O)(O)O)CCP(=O)(O)O)P(=O)(O)O. The Hall–Kier alpha value is 0.410. The first-order valence-corrected chi connectivity index (χ1v) is 12.2. The lowest BCUT2D eigenvalue weighted by molar-refractivity contribution is 0.140. The zero-order valence-corrected chi connectivity index (χ0v) is 15.8. The number of rotatable bonds is 11. The molecule has 0 aliphatic carbocycles. The molecule has 0 aromatic rings. The van der Waals surface area contributed by atoms with E-state index in [1.54, 1.807) is 0 Å². The highest BCUT2D eigenvalue weighted by Crippen LogP contribution is 2.55. The normalized spacial score (nSPS) is 16.6.